The number of hydrogen-bond acceptors (Lipinski definition) is 8. The lowest BCUT2D eigenvalue weighted by molar-refractivity contribution is -0.135. The molecule has 0 spiro atoms. The van der Waals surface area contributed by atoms with Crippen LogP contribution in [0.1, 0.15) is 74.9 Å². The van der Waals surface area contributed by atoms with Crippen molar-refractivity contribution in [3.8, 4) is 33.6 Å². The number of hydrogen-bond donors (Lipinski definition) is 4. The van der Waals surface area contributed by atoms with Crippen molar-refractivity contribution in [2.24, 2.45) is 5.92 Å². The van der Waals surface area contributed by atoms with E-state index in [9.17, 15) is 19.2 Å². The highest BCUT2D eigenvalue weighted by molar-refractivity contribution is 6.30. The number of halogens is 1. The lowest BCUT2D eigenvalue weighted by Crippen LogP contribution is -2.51. The molecule has 4 atom stereocenters. The Hall–Kier alpha value is -6.67. The molecule has 4 amide bonds. The Balaban J connectivity index is 0.942. The van der Waals surface area contributed by atoms with Crippen LogP contribution in [0.25, 0.3) is 44.4 Å². The van der Waals surface area contributed by atoms with Gasteiger partial charge >= 0.3 is 12.2 Å². The van der Waals surface area contributed by atoms with Crippen LogP contribution in [0.3, 0.4) is 0 Å². The van der Waals surface area contributed by atoms with Gasteiger partial charge in [0.15, 0.2) is 0 Å². The molecule has 2 fully saturated rings. The number of rotatable bonds is 11. The molecule has 2 aliphatic rings. The molecule has 6 aromatic rings. The van der Waals surface area contributed by atoms with E-state index in [1.807, 2.05) is 24.9 Å². The molecule has 0 bridgehead atoms. The summed E-state index contributed by atoms with van der Waals surface area (Å²) >= 11 is 6.10. The number of nitrogens with one attached hydrogen (secondary N) is 4. The second kappa shape index (κ2) is 18.1. The number of carbonyl (C=O) groups is 4. The Morgan fingerprint density at radius 2 is 1.16 bits per heavy atom. The molecule has 4 N–H and O–H groups in total. The summed E-state index contributed by atoms with van der Waals surface area (Å²) in [5.74, 6) is 0.902. The summed E-state index contributed by atoms with van der Waals surface area (Å²) in [5, 5.41) is 8.09. The third-order valence-corrected chi connectivity index (χ3v) is 12.1. The van der Waals surface area contributed by atoms with Crippen LogP contribution in [0, 0.1) is 5.92 Å². The van der Waals surface area contributed by atoms with Gasteiger partial charge in [-0.05, 0) is 88.9 Å². The van der Waals surface area contributed by atoms with Gasteiger partial charge in [0.1, 0.15) is 23.7 Å². The first-order valence-electron chi connectivity index (χ1n) is 20.8. The van der Waals surface area contributed by atoms with Gasteiger partial charge in [0.25, 0.3) is 5.91 Å². The van der Waals surface area contributed by atoms with Gasteiger partial charge < -0.3 is 39.9 Å². The number of likely N-dealkylation sites (tertiary alicyclic amines) is 2. The zero-order chi connectivity index (χ0) is 43.5. The summed E-state index contributed by atoms with van der Waals surface area (Å²) in [6.45, 7) is 4.92. The van der Waals surface area contributed by atoms with Crippen molar-refractivity contribution in [2.75, 3.05) is 27.3 Å². The minimum atomic E-state index is -0.944. The van der Waals surface area contributed by atoms with Crippen molar-refractivity contribution >= 4 is 46.4 Å². The Bertz CT molecular complexity index is 2590. The monoisotopic (exact) mass is 856 g/mol. The zero-order valence-corrected chi connectivity index (χ0v) is 35.7. The van der Waals surface area contributed by atoms with Gasteiger partial charge in [-0.3, -0.25) is 9.59 Å². The number of imidazole rings is 2. The van der Waals surface area contributed by atoms with Crippen LogP contribution in [0.5, 0.6) is 0 Å². The van der Waals surface area contributed by atoms with E-state index >= 15 is 0 Å². The maximum absolute atomic E-state index is 14.0. The van der Waals surface area contributed by atoms with E-state index in [2.05, 4.69) is 81.3 Å². The molecule has 0 saturated carbocycles. The van der Waals surface area contributed by atoms with Crippen molar-refractivity contribution in [1.82, 2.24) is 40.4 Å². The number of benzene rings is 4. The van der Waals surface area contributed by atoms with E-state index in [0.717, 1.165) is 75.9 Å². The Kier molecular flexibility index (Phi) is 12.3. The number of ether oxygens (including phenoxy) is 2. The molecule has 0 radical (unpaired) electrons. The van der Waals surface area contributed by atoms with Gasteiger partial charge in [0.05, 0.1) is 50.1 Å². The van der Waals surface area contributed by atoms with Crippen LogP contribution in [0.15, 0.2) is 97.3 Å². The SMILES string of the molecule is COC(=O)NC(C(=O)N1CCC[C@H]1c1ncc(-c2ccc(-c3ccc4cc(-c5cnc([C@@H]6CCCN6C(=O)C(NC(=O)OC)C(C)C)[nH]5)ccc4c3)cc2)[nH]1)c1ccc(Cl)cc1. The van der Waals surface area contributed by atoms with Crippen LogP contribution < -0.4 is 10.6 Å². The summed E-state index contributed by atoms with van der Waals surface area (Å²) in [6, 6.07) is 25.7. The topological polar surface area (TPSA) is 175 Å². The van der Waals surface area contributed by atoms with E-state index in [-0.39, 0.29) is 29.8 Å². The number of fused-ring (bicyclic) bond motifs is 1. The number of carbonyl (C=O) groups excluding carboxylic acids is 4. The van der Waals surface area contributed by atoms with E-state index in [1.165, 1.54) is 14.2 Å². The molecule has 62 heavy (non-hydrogen) atoms. The predicted molar refractivity (Wildman–Crippen MR) is 236 cm³/mol. The van der Waals surface area contributed by atoms with Crippen LogP contribution in [0.4, 0.5) is 9.59 Å². The number of aromatic amines is 2. The van der Waals surface area contributed by atoms with Crippen molar-refractivity contribution in [3.05, 3.63) is 120 Å². The van der Waals surface area contributed by atoms with Crippen LogP contribution in [0.2, 0.25) is 5.02 Å². The molecule has 15 heteroatoms. The molecular weight excluding hydrogens is 808 g/mol. The average Bonchev–Trinajstić information content (AvgIpc) is 4.14. The number of alkyl carbamates (subject to hydrolysis) is 2. The number of nitrogens with zero attached hydrogens (tertiary/aromatic N) is 4. The first-order chi connectivity index (χ1) is 30.0. The molecule has 320 valence electrons. The van der Waals surface area contributed by atoms with Gasteiger partial charge in [0.2, 0.25) is 5.91 Å². The molecular formula is C47H49ClN8O6. The van der Waals surface area contributed by atoms with E-state index < -0.39 is 24.3 Å². The van der Waals surface area contributed by atoms with Crippen molar-refractivity contribution in [2.45, 2.75) is 63.7 Å². The Morgan fingerprint density at radius 3 is 1.74 bits per heavy atom. The van der Waals surface area contributed by atoms with Gasteiger partial charge in [-0.25, -0.2) is 19.6 Å². The van der Waals surface area contributed by atoms with Gasteiger partial charge in [-0.15, -0.1) is 0 Å². The van der Waals surface area contributed by atoms with Gasteiger partial charge in [-0.1, -0.05) is 86.1 Å². The van der Waals surface area contributed by atoms with Crippen LogP contribution >= 0.6 is 11.6 Å². The van der Waals surface area contributed by atoms with E-state index in [1.54, 1.807) is 35.4 Å². The molecule has 14 nitrogen and oxygen atoms in total. The van der Waals surface area contributed by atoms with Crippen molar-refractivity contribution in [1.29, 1.82) is 0 Å². The summed E-state index contributed by atoms with van der Waals surface area (Å²) < 4.78 is 9.60. The highest BCUT2D eigenvalue weighted by Gasteiger charge is 2.39. The lowest BCUT2D eigenvalue weighted by atomic mass is 9.98. The van der Waals surface area contributed by atoms with E-state index in [4.69, 9.17) is 31.0 Å². The third-order valence-electron chi connectivity index (χ3n) is 11.9. The molecule has 0 aliphatic carbocycles. The largest absolute Gasteiger partial charge is 0.453 e. The fraction of sp³-hybridized carbons (Fsp3) is 0.319. The summed E-state index contributed by atoms with van der Waals surface area (Å²) in [6.07, 6.45) is 5.43. The zero-order valence-electron chi connectivity index (χ0n) is 35.0. The Labute approximate surface area is 364 Å². The number of methoxy groups -OCH3 is 2. The van der Waals surface area contributed by atoms with Gasteiger partial charge in [-0.2, -0.15) is 0 Å². The standard InChI is InChI=1S/C47H49ClN8O6/c1-27(2)40(53-46(59)61-3)44(57)55-21-5-7-38(55)43-50-26-37(52-43)34-16-15-32-23-31(13-14-33(32)24-34)28-9-11-29(12-10-28)36-25-49-42(51-36)39-8-6-22-56(39)45(58)41(54-47(60)62-4)30-17-19-35(48)20-18-30/h9-20,23-27,38-41H,5-8,21-22H2,1-4H3,(H,49,51)(H,50,52)(H,53,59)(H,54,60)/t38-,39-,40?,41?/m0/s1. The molecule has 2 saturated heterocycles. The maximum Gasteiger partial charge on any atom is 0.407 e. The van der Waals surface area contributed by atoms with Gasteiger partial charge in [0, 0.05) is 23.7 Å². The predicted octanol–water partition coefficient (Wildman–Crippen LogP) is 8.75. The third kappa shape index (κ3) is 8.73. The number of amides is 4. The normalized spacial score (nSPS) is 17.3. The summed E-state index contributed by atoms with van der Waals surface area (Å²) in [4.78, 5) is 71.8. The van der Waals surface area contributed by atoms with Crippen molar-refractivity contribution in [3.63, 3.8) is 0 Å². The van der Waals surface area contributed by atoms with Crippen molar-refractivity contribution < 1.29 is 28.7 Å². The fourth-order valence-electron chi connectivity index (χ4n) is 8.53. The van der Waals surface area contributed by atoms with E-state index in [0.29, 0.717) is 29.5 Å². The molecule has 2 aliphatic heterocycles. The minimum absolute atomic E-state index is 0.111. The van der Waals surface area contributed by atoms with Crippen LogP contribution in [-0.2, 0) is 19.1 Å². The smallest absolute Gasteiger partial charge is 0.407 e. The number of H-pyrrole nitrogens is 2. The minimum Gasteiger partial charge on any atom is -0.453 e. The molecule has 4 aromatic carbocycles. The summed E-state index contributed by atoms with van der Waals surface area (Å²) in [7, 11) is 2.56. The first-order valence-corrected chi connectivity index (χ1v) is 21.2. The molecule has 2 unspecified atom stereocenters. The second-order valence-corrected chi connectivity index (χ2v) is 16.5. The quantitative estimate of drug-likeness (QED) is 0.100. The lowest BCUT2D eigenvalue weighted by Gasteiger charge is -2.30. The highest BCUT2D eigenvalue weighted by atomic mass is 35.5. The molecule has 8 rings (SSSR count). The second-order valence-electron chi connectivity index (χ2n) is 16.1. The highest BCUT2D eigenvalue weighted by Crippen LogP contribution is 2.36. The molecule has 4 heterocycles. The summed E-state index contributed by atoms with van der Waals surface area (Å²) in [5.41, 5.74) is 6.39. The molecule has 2 aromatic heterocycles. The van der Waals surface area contributed by atoms with Crippen LogP contribution in [-0.4, -0.2) is 87.1 Å². The maximum atomic E-state index is 14.0. The average molecular weight is 857 g/mol. The number of aromatic nitrogens is 4. The fourth-order valence-corrected chi connectivity index (χ4v) is 8.66. The Morgan fingerprint density at radius 1 is 0.661 bits per heavy atom. The first kappa shape index (κ1) is 42.0.